The van der Waals surface area contributed by atoms with Gasteiger partial charge >= 0.3 is 12.0 Å². The number of carboxylic acid groups (broad SMARTS) is 1. The van der Waals surface area contributed by atoms with Gasteiger partial charge in [-0.3, -0.25) is 4.79 Å². The monoisotopic (exact) mass is 282 g/mol. The minimum atomic E-state index is -0.973. The molecule has 19 heavy (non-hydrogen) atoms. The molecule has 0 spiro atoms. The Kier molecular flexibility index (Phi) is 4.42. The van der Waals surface area contributed by atoms with Crippen molar-refractivity contribution >= 4 is 23.3 Å². The number of carbonyl (C=O) groups excluding carboxylic acids is 1. The highest BCUT2D eigenvalue weighted by atomic mass is 32.1. The van der Waals surface area contributed by atoms with Crippen LogP contribution in [0.5, 0.6) is 0 Å². The molecule has 0 saturated heterocycles. The van der Waals surface area contributed by atoms with Gasteiger partial charge in [-0.2, -0.15) is 11.3 Å². The van der Waals surface area contributed by atoms with E-state index in [-0.39, 0.29) is 18.6 Å². The number of amides is 2. The van der Waals surface area contributed by atoms with Crippen LogP contribution in [0.1, 0.15) is 31.4 Å². The fraction of sp³-hybridized carbons (Fsp3) is 0.538. The van der Waals surface area contributed by atoms with Gasteiger partial charge in [-0.15, -0.1) is 0 Å². The second kappa shape index (κ2) is 6.06. The van der Waals surface area contributed by atoms with Crippen LogP contribution in [0.2, 0.25) is 0 Å². The summed E-state index contributed by atoms with van der Waals surface area (Å²) in [5.41, 5.74) is 1.04. The SMILES string of the molecule is CC(NC(=O)N(CC(=O)O)CC1CC1)c1ccsc1. The molecule has 5 nitrogen and oxygen atoms in total. The predicted octanol–water partition coefficient (Wildman–Crippen LogP) is 2.32. The van der Waals surface area contributed by atoms with E-state index in [0.29, 0.717) is 12.5 Å². The third-order valence-corrected chi connectivity index (χ3v) is 3.87. The number of nitrogens with zero attached hydrogens (tertiary/aromatic N) is 1. The van der Waals surface area contributed by atoms with Crippen LogP contribution in [0.25, 0.3) is 0 Å². The molecule has 1 aromatic heterocycles. The standard InChI is InChI=1S/C13H18N2O3S/c1-9(11-4-5-19-8-11)14-13(18)15(7-12(16)17)6-10-2-3-10/h4-5,8-10H,2-3,6-7H2,1H3,(H,14,18)(H,16,17). The Hall–Kier alpha value is -1.56. The Balaban J connectivity index is 1.92. The number of hydrogen-bond acceptors (Lipinski definition) is 3. The van der Waals surface area contributed by atoms with Crippen molar-refractivity contribution in [2.24, 2.45) is 5.92 Å². The largest absolute Gasteiger partial charge is 0.480 e. The number of nitrogens with one attached hydrogen (secondary N) is 1. The lowest BCUT2D eigenvalue weighted by atomic mass is 10.2. The minimum Gasteiger partial charge on any atom is -0.480 e. The molecule has 1 heterocycles. The van der Waals surface area contributed by atoms with Crippen LogP contribution in [-0.2, 0) is 4.79 Å². The Bertz CT molecular complexity index is 443. The summed E-state index contributed by atoms with van der Waals surface area (Å²) in [6.45, 7) is 2.20. The molecule has 1 atom stereocenters. The molecule has 6 heteroatoms. The van der Waals surface area contributed by atoms with Crippen LogP contribution in [0.4, 0.5) is 4.79 Å². The average Bonchev–Trinajstić information content (AvgIpc) is 2.98. The summed E-state index contributed by atoms with van der Waals surface area (Å²) in [4.78, 5) is 24.3. The first-order chi connectivity index (χ1) is 9.06. The van der Waals surface area contributed by atoms with E-state index in [0.717, 1.165) is 18.4 Å². The third-order valence-electron chi connectivity index (χ3n) is 3.17. The lowest BCUT2D eigenvalue weighted by Crippen LogP contribution is -2.44. The number of urea groups is 1. The highest BCUT2D eigenvalue weighted by molar-refractivity contribution is 7.07. The van der Waals surface area contributed by atoms with Crippen molar-refractivity contribution in [3.8, 4) is 0 Å². The van der Waals surface area contributed by atoms with Crippen molar-refractivity contribution in [3.63, 3.8) is 0 Å². The van der Waals surface area contributed by atoms with E-state index < -0.39 is 5.97 Å². The van der Waals surface area contributed by atoms with Crippen LogP contribution in [-0.4, -0.2) is 35.1 Å². The summed E-state index contributed by atoms with van der Waals surface area (Å²) in [5.74, 6) is -0.499. The maximum Gasteiger partial charge on any atom is 0.323 e. The first kappa shape index (κ1) is 13.9. The number of hydrogen-bond donors (Lipinski definition) is 2. The lowest BCUT2D eigenvalue weighted by molar-refractivity contribution is -0.137. The molecule has 0 aliphatic heterocycles. The van der Waals surface area contributed by atoms with Crippen LogP contribution in [0, 0.1) is 5.92 Å². The smallest absolute Gasteiger partial charge is 0.323 e. The minimum absolute atomic E-state index is 0.103. The highest BCUT2D eigenvalue weighted by Gasteiger charge is 2.28. The molecule has 1 aliphatic rings. The molecule has 1 fully saturated rings. The molecule has 2 amide bonds. The molecule has 2 N–H and O–H groups in total. The Morgan fingerprint density at radius 1 is 1.58 bits per heavy atom. The zero-order valence-corrected chi connectivity index (χ0v) is 11.7. The van der Waals surface area contributed by atoms with E-state index in [2.05, 4.69) is 5.32 Å². The van der Waals surface area contributed by atoms with E-state index in [1.807, 2.05) is 23.8 Å². The number of aliphatic carboxylic acids is 1. The predicted molar refractivity (Wildman–Crippen MR) is 73.2 cm³/mol. The zero-order valence-electron chi connectivity index (χ0n) is 10.8. The van der Waals surface area contributed by atoms with Crippen molar-refractivity contribution in [2.45, 2.75) is 25.8 Å². The van der Waals surface area contributed by atoms with Gasteiger partial charge in [0.2, 0.25) is 0 Å². The molecule has 1 aromatic rings. The first-order valence-electron chi connectivity index (χ1n) is 6.35. The second-order valence-corrected chi connectivity index (χ2v) is 5.73. The molecule has 104 valence electrons. The van der Waals surface area contributed by atoms with Gasteiger partial charge in [-0.25, -0.2) is 4.79 Å². The highest BCUT2D eigenvalue weighted by Crippen LogP contribution is 2.29. The van der Waals surface area contributed by atoms with Gasteiger partial charge in [-0.05, 0) is 48.1 Å². The van der Waals surface area contributed by atoms with Crippen molar-refractivity contribution in [1.29, 1.82) is 0 Å². The van der Waals surface area contributed by atoms with Gasteiger partial charge in [-0.1, -0.05) is 0 Å². The summed E-state index contributed by atoms with van der Waals surface area (Å²) >= 11 is 1.58. The number of carboxylic acids is 1. The van der Waals surface area contributed by atoms with Gasteiger partial charge in [0.05, 0.1) is 6.04 Å². The number of thiophene rings is 1. The fourth-order valence-corrected chi connectivity index (χ4v) is 2.63. The zero-order chi connectivity index (χ0) is 13.8. The van der Waals surface area contributed by atoms with Gasteiger partial charge in [0, 0.05) is 6.54 Å². The molecule has 2 rings (SSSR count). The molecule has 0 aromatic carbocycles. The summed E-state index contributed by atoms with van der Waals surface area (Å²) in [7, 11) is 0. The van der Waals surface area contributed by atoms with E-state index in [4.69, 9.17) is 5.11 Å². The van der Waals surface area contributed by atoms with Crippen LogP contribution in [0.15, 0.2) is 16.8 Å². The van der Waals surface area contributed by atoms with Crippen molar-refractivity contribution in [3.05, 3.63) is 22.4 Å². The van der Waals surface area contributed by atoms with Crippen LogP contribution >= 0.6 is 11.3 Å². The summed E-state index contributed by atoms with van der Waals surface area (Å²) < 4.78 is 0. The van der Waals surface area contributed by atoms with Crippen molar-refractivity contribution in [1.82, 2.24) is 10.2 Å². The van der Waals surface area contributed by atoms with Crippen LogP contribution in [0.3, 0.4) is 0 Å². The Morgan fingerprint density at radius 2 is 2.32 bits per heavy atom. The topological polar surface area (TPSA) is 69.6 Å². The molecular weight excluding hydrogens is 264 g/mol. The first-order valence-corrected chi connectivity index (χ1v) is 7.30. The lowest BCUT2D eigenvalue weighted by Gasteiger charge is -2.23. The molecule has 0 bridgehead atoms. The van der Waals surface area contributed by atoms with Gasteiger partial charge in [0.15, 0.2) is 0 Å². The second-order valence-electron chi connectivity index (χ2n) is 4.95. The van der Waals surface area contributed by atoms with Crippen molar-refractivity contribution in [2.75, 3.05) is 13.1 Å². The maximum absolute atomic E-state index is 12.1. The van der Waals surface area contributed by atoms with Gasteiger partial charge < -0.3 is 15.3 Å². The molecular formula is C13H18N2O3S. The molecule has 1 unspecified atom stereocenters. The molecule has 0 radical (unpaired) electrons. The van der Waals surface area contributed by atoms with Gasteiger partial charge in [0.25, 0.3) is 0 Å². The normalized spacial score (nSPS) is 15.8. The van der Waals surface area contributed by atoms with Crippen molar-refractivity contribution < 1.29 is 14.7 Å². The van der Waals surface area contributed by atoms with Crippen LogP contribution < -0.4 is 5.32 Å². The summed E-state index contributed by atoms with van der Waals surface area (Å²) in [6, 6.07) is 1.56. The van der Waals surface area contributed by atoms with Gasteiger partial charge in [0.1, 0.15) is 6.54 Å². The Labute approximate surface area is 116 Å². The third kappa shape index (κ3) is 4.24. The Morgan fingerprint density at radius 3 is 2.84 bits per heavy atom. The number of carbonyl (C=O) groups is 2. The van der Waals surface area contributed by atoms with E-state index in [9.17, 15) is 9.59 Å². The van der Waals surface area contributed by atoms with E-state index in [1.54, 1.807) is 11.3 Å². The maximum atomic E-state index is 12.1. The summed E-state index contributed by atoms with van der Waals surface area (Å²) in [6.07, 6.45) is 2.17. The summed E-state index contributed by atoms with van der Waals surface area (Å²) in [5, 5.41) is 15.7. The molecule has 1 saturated carbocycles. The average molecular weight is 282 g/mol. The fourth-order valence-electron chi connectivity index (χ4n) is 1.88. The quantitative estimate of drug-likeness (QED) is 0.841. The van der Waals surface area contributed by atoms with E-state index in [1.165, 1.54) is 4.90 Å². The molecule has 1 aliphatic carbocycles. The number of rotatable bonds is 6. The van der Waals surface area contributed by atoms with E-state index >= 15 is 0 Å².